The third-order valence-corrected chi connectivity index (χ3v) is 4.29. The van der Waals surface area contributed by atoms with Crippen molar-refractivity contribution in [1.29, 1.82) is 0 Å². The molecule has 6 nitrogen and oxygen atoms in total. The summed E-state index contributed by atoms with van der Waals surface area (Å²) in [6.45, 7) is 5.79. The van der Waals surface area contributed by atoms with Crippen LogP contribution in [0.2, 0.25) is 0 Å². The highest BCUT2D eigenvalue weighted by Gasteiger charge is 2.26. The predicted molar refractivity (Wildman–Crippen MR) is 99.6 cm³/mol. The van der Waals surface area contributed by atoms with Crippen molar-refractivity contribution in [3.8, 4) is 5.88 Å². The molecule has 0 fully saturated rings. The normalized spacial score (nSPS) is 12.0. The molecule has 1 N–H and O–H groups in total. The molecule has 0 radical (unpaired) electrons. The van der Waals surface area contributed by atoms with E-state index in [4.69, 9.17) is 4.74 Å². The number of esters is 1. The fourth-order valence-electron chi connectivity index (χ4n) is 3.02. The standard InChI is InChI=1S/C20H26N2O4/c1-4-7-13-16-21-18(23)17(20(25)26-6-3)19(24)22(16)15(5-2)14-11-9-8-10-12-14/h8-12,15,23H,4-7,13H2,1-3H3/t15-/m0/s1. The van der Waals surface area contributed by atoms with E-state index in [0.29, 0.717) is 18.7 Å². The Balaban J connectivity index is 2.68. The van der Waals surface area contributed by atoms with Gasteiger partial charge in [0.1, 0.15) is 5.82 Å². The Morgan fingerprint density at radius 2 is 1.92 bits per heavy atom. The summed E-state index contributed by atoms with van der Waals surface area (Å²) in [4.78, 5) is 29.5. The van der Waals surface area contributed by atoms with Gasteiger partial charge in [0.25, 0.3) is 5.56 Å². The van der Waals surface area contributed by atoms with E-state index >= 15 is 0 Å². The highest BCUT2D eigenvalue weighted by molar-refractivity contribution is 5.91. The van der Waals surface area contributed by atoms with E-state index in [1.54, 1.807) is 6.92 Å². The van der Waals surface area contributed by atoms with Crippen molar-refractivity contribution in [3.05, 3.63) is 57.6 Å². The number of nitrogens with zero attached hydrogens (tertiary/aromatic N) is 2. The molecule has 0 saturated carbocycles. The third kappa shape index (κ3) is 4.12. The number of rotatable bonds is 8. The first-order valence-corrected chi connectivity index (χ1v) is 9.11. The Hall–Kier alpha value is -2.63. The fourth-order valence-corrected chi connectivity index (χ4v) is 3.02. The van der Waals surface area contributed by atoms with Crippen molar-refractivity contribution in [3.63, 3.8) is 0 Å². The SMILES string of the molecule is CCCCc1nc(O)c(C(=O)OCC)c(=O)n1[C@@H](CC)c1ccccc1. The molecule has 2 rings (SSSR count). The molecule has 0 aliphatic carbocycles. The van der Waals surface area contributed by atoms with E-state index in [1.807, 2.05) is 44.2 Å². The van der Waals surface area contributed by atoms with Crippen molar-refractivity contribution in [2.75, 3.05) is 6.61 Å². The molecule has 2 aromatic rings. The molecule has 1 atom stereocenters. The second kappa shape index (κ2) is 9.17. The number of carbonyl (C=O) groups excluding carboxylic acids is 1. The predicted octanol–water partition coefficient (Wildman–Crippen LogP) is 3.47. The fraction of sp³-hybridized carbons (Fsp3) is 0.450. The molecule has 0 bridgehead atoms. The Morgan fingerprint density at radius 1 is 1.23 bits per heavy atom. The van der Waals surface area contributed by atoms with Crippen LogP contribution in [0.5, 0.6) is 5.88 Å². The summed E-state index contributed by atoms with van der Waals surface area (Å²) in [6, 6.07) is 9.36. The second-order valence-electron chi connectivity index (χ2n) is 6.06. The number of benzene rings is 1. The highest BCUT2D eigenvalue weighted by atomic mass is 16.5. The third-order valence-electron chi connectivity index (χ3n) is 4.29. The Labute approximate surface area is 153 Å². The van der Waals surface area contributed by atoms with Crippen LogP contribution in [0.3, 0.4) is 0 Å². The van der Waals surface area contributed by atoms with Gasteiger partial charge in [-0.1, -0.05) is 50.6 Å². The Kier molecular flexibility index (Phi) is 6.95. The first-order chi connectivity index (χ1) is 12.5. The Bertz CT molecular complexity index is 799. The Morgan fingerprint density at radius 3 is 2.50 bits per heavy atom. The number of hydrogen-bond acceptors (Lipinski definition) is 5. The topological polar surface area (TPSA) is 81.4 Å². The molecule has 0 unspecified atom stereocenters. The zero-order valence-electron chi connectivity index (χ0n) is 15.6. The van der Waals surface area contributed by atoms with Crippen LogP contribution in [0.25, 0.3) is 0 Å². The van der Waals surface area contributed by atoms with Gasteiger partial charge in [0.05, 0.1) is 12.6 Å². The number of hydrogen-bond donors (Lipinski definition) is 1. The van der Waals surface area contributed by atoms with Crippen molar-refractivity contribution < 1.29 is 14.6 Å². The average Bonchev–Trinajstić information content (AvgIpc) is 2.63. The summed E-state index contributed by atoms with van der Waals surface area (Å²) in [7, 11) is 0. The van der Waals surface area contributed by atoms with Gasteiger partial charge in [-0.2, -0.15) is 4.98 Å². The molecule has 26 heavy (non-hydrogen) atoms. The zero-order valence-corrected chi connectivity index (χ0v) is 15.6. The molecule has 1 aromatic carbocycles. The van der Waals surface area contributed by atoms with Crippen LogP contribution in [0.4, 0.5) is 0 Å². The van der Waals surface area contributed by atoms with Gasteiger partial charge >= 0.3 is 5.97 Å². The molecule has 6 heteroatoms. The van der Waals surface area contributed by atoms with Crippen LogP contribution >= 0.6 is 0 Å². The first kappa shape index (κ1) is 19.7. The number of unbranched alkanes of at least 4 members (excludes halogenated alkanes) is 1. The smallest absolute Gasteiger partial charge is 0.349 e. The largest absolute Gasteiger partial charge is 0.492 e. The van der Waals surface area contributed by atoms with E-state index in [9.17, 15) is 14.7 Å². The van der Waals surface area contributed by atoms with Crippen LogP contribution in [0, 0.1) is 0 Å². The van der Waals surface area contributed by atoms with Crippen molar-refractivity contribution in [2.24, 2.45) is 0 Å². The minimum Gasteiger partial charge on any atom is -0.492 e. The van der Waals surface area contributed by atoms with Crippen LogP contribution in [0.15, 0.2) is 35.1 Å². The van der Waals surface area contributed by atoms with Gasteiger partial charge in [0.15, 0.2) is 5.56 Å². The van der Waals surface area contributed by atoms with Gasteiger partial charge in [-0.3, -0.25) is 9.36 Å². The van der Waals surface area contributed by atoms with Crippen molar-refractivity contribution >= 4 is 5.97 Å². The number of aromatic nitrogens is 2. The van der Waals surface area contributed by atoms with Crippen molar-refractivity contribution in [2.45, 2.75) is 52.5 Å². The quantitative estimate of drug-likeness (QED) is 0.731. The summed E-state index contributed by atoms with van der Waals surface area (Å²) in [6.07, 6.45) is 2.96. The van der Waals surface area contributed by atoms with Gasteiger partial charge in [-0.15, -0.1) is 0 Å². The van der Waals surface area contributed by atoms with Crippen LogP contribution in [0.1, 0.15) is 67.8 Å². The van der Waals surface area contributed by atoms with E-state index in [2.05, 4.69) is 4.98 Å². The van der Waals surface area contributed by atoms with Crippen LogP contribution in [-0.4, -0.2) is 27.2 Å². The number of ether oxygens (including phenoxy) is 1. The van der Waals surface area contributed by atoms with Gasteiger partial charge < -0.3 is 9.84 Å². The highest BCUT2D eigenvalue weighted by Crippen LogP contribution is 2.24. The number of carbonyl (C=O) groups is 1. The lowest BCUT2D eigenvalue weighted by Crippen LogP contribution is -2.34. The maximum atomic E-state index is 13.1. The van der Waals surface area contributed by atoms with Gasteiger partial charge in [-0.05, 0) is 25.3 Å². The first-order valence-electron chi connectivity index (χ1n) is 9.11. The summed E-state index contributed by atoms with van der Waals surface area (Å²) in [5.41, 5.74) is -0.00335. The van der Waals surface area contributed by atoms with Crippen LogP contribution < -0.4 is 5.56 Å². The second-order valence-corrected chi connectivity index (χ2v) is 6.06. The lowest BCUT2D eigenvalue weighted by atomic mass is 10.0. The van der Waals surface area contributed by atoms with E-state index in [1.165, 1.54) is 4.57 Å². The summed E-state index contributed by atoms with van der Waals surface area (Å²) in [5.74, 6) is -0.918. The molecule has 140 valence electrons. The number of aryl methyl sites for hydroxylation is 1. The lowest BCUT2D eigenvalue weighted by Gasteiger charge is -2.23. The summed E-state index contributed by atoms with van der Waals surface area (Å²) >= 11 is 0. The average molecular weight is 358 g/mol. The zero-order chi connectivity index (χ0) is 19.1. The van der Waals surface area contributed by atoms with Crippen LogP contribution in [-0.2, 0) is 11.2 Å². The minimum atomic E-state index is -0.846. The summed E-state index contributed by atoms with van der Waals surface area (Å²) < 4.78 is 6.47. The monoisotopic (exact) mass is 358 g/mol. The maximum Gasteiger partial charge on any atom is 0.349 e. The number of aromatic hydroxyl groups is 1. The summed E-state index contributed by atoms with van der Waals surface area (Å²) in [5, 5.41) is 10.2. The lowest BCUT2D eigenvalue weighted by molar-refractivity contribution is 0.0518. The van der Waals surface area contributed by atoms with Crippen molar-refractivity contribution in [1.82, 2.24) is 9.55 Å². The van der Waals surface area contributed by atoms with E-state index < -0.39 is 23.0 Å². The van der Waals surface area contributed by atoms with Gasteiger partial charge in [0.2, 0.25) is 5.88 Å². The van der Waals surface area contributed by atoms with Gasteiger partial charge in [-0.25, -0.2) is 4.79 Å². The molecule has 0 spiro atoms. The molecular weight excluding hydrogens is 332 g/mol. The molecule has 0 saturated heterocycles. The van der Waals surface area contributed by atoms with E-state index in [-0.39, 0.29) is 12.6 Å². The molecule has 0 aliphatic rings. The van der Waals surface area contributed by atoms with Gasteiger partial charge in [0, 0.05) is 6.42 Å². The van der Waals surface area contributed by atoms with E-state index in [0.717, 1.165) is 18.4 Å². The molecule has 1 aromatic heterocycles. The molecule has 1 heterocycles. The molecular formula is C20H26N2O4. The maximum absolute atomic E-state index is 13.1. The minimum absolute atomic E-state index is 0.116. The molecule has 0 aliphatic heterocycles. The molecule has 0 amide bonds.